The van der Waals surface area contributed by atoms with Crippen molar-refractivity contribution >= 4 is 11.0 Å². The molecule has 102 valence electrons. The topological polar surface area (TPSA) is 63.8 Å². The second-order valence-corrected chi connectivity index (χ2v) is 6.10. The van der Waals surface area contributed by atoms with E-state index in [1.54, 1.807) is 0 Å². The molecule has 4 nitrogen and oxygen atoms in total. The van der Waals surface area contributed by atoms with Crippen molar-refractivity contribution in [1.82, 2.24) is 15.4 Å². The van der Waals surface area contributed by atoms with Crippen LogP contribution in [0.3, 0.4) is 0 Å². The summed E-state index contributed by atoms with van der Waals surface area (Å²) in [5.41, 5.74) is 5.88. The van der Waals surface area contributed by atoms with Gasteiger partial charge in [-0.25, -0.2) is 4.98 Å². The van der Waals surface area contributed by atoms with Gasteiger partial charge in [0, 0.05) is 0 Å². The van der Waals surface area contributed by atoms with Crippen molar-refractivity contribution in [3.63, 3.8) is 0 Å². The van der Waals surface area contributed by atoms with Crippen molar-refractivity contribution in [2.24, 2.45) is 11.3 Å². The Morgan fingerprint density at radius 3 is 2.53 bits per heavy atom. The molecule has 0 radical (unpaired) electrons. The molecular formula is C15H22N4. The molecule has 0 aliphatic carbocycles. The molecule has 4 heteroatoms. The molecule has 0 aliphatic heterocycles. The maximum atomic E-state index is 5.66. The van der Waals surface area contributed by atoms with Crippen LogP contribution < -0.4 is 11.3 Å². The van der Waals surface area contributed by atoms with E-state index in [2.05, 4.69) is 36.2 Å². The lowest BCUT2D eigenvalue weighted by Gasteiger charge is -2.22. The minimum atomic E-state index is 0.0522. The Morgan fingerprint density at radius 2 is 1.89 bits per heavy atom. The average Bonchev–Trinajstić information content (AvgIpc) is 2.38. The highest BCUT2D eigenvalue weighted by Crippen LogP contribution is 2.26. The molecule has 3 N–H and O–H groups in total. The summed E-state index contributed by atoms with van der Waals surface area (Å²) in [4.78, 5) is 9.08. The van der Waals surface area contributed by atoms with Crippen molar-refractivity contribution < 1.29 is 0 Å². The van der Waals surface area contributed by atoms with Gasteiger partial charge in [-0.3, -0.25) is 16.3 Å². The van der Waals surface area contributed by atoms with Crippen LogP contribution in [0, 0.1) is 5.41 Å². The van der Waals surface area contributed by atoms with Crippen molar-refractivity contribution in [2.75, 3.05) is 0 Å². The summed E-state index contributed by atoms with van der Waals surface area (Å²) in [6, 6.07) is 7.93. The summed E-state index contributed by atoms with van der Waals surface area (Å²) in [6.45, 7) is 6.69. The van der Waals surface area contributed by atoms with E-state index in [1.807, 2.05) is 30.5 Å². The Morgan fingerprint density at radius 1 is 1.21 bits per heavy atom. The third-order valence-electron chi connectivity index (χ3n) is 3.21. The third kappa shape index (κ3) is 3.72. The van der Waals surface area contributed by atoms with Gasteiger partial charge in [-0.1, -0.05) is 32.9 Å². The van der Waals surface area contributed by atoms with Gasteiger partial charge in [-0.15, -0.1) is 0 Å². The first-order chi connectivity index (χ1) is 8.99. The number of hydrogen-bond acceptors (Lipinski definition) is 4. The van der Waals surface area contributed by atoms with E-state index >= 15 is 0 Å². The molecule has 2 rings (SSSR count). The molecule has 0 aliphatic rings. The number of nitrogens with zero attached hydrogens (tertiary/aromatic N) is 2. The highest BCUT2D eigenvalue weighted by Gasteiger charge is 2.17. The molecule has 19 heavy (non-hydrogen) atoms. The number of nitrogens with one attached hydrogen (secondary N) is 1. The number of para-hydroxylation sites is 2. The zero-order chi connectivity index (χ0) is 13.9. The molecule has 2 aromatic rings. The predicted octanol–water partition coefficient (Wildman–Crippen LogP) is 2.96. The van der Waals surface area contributed by atoms with Gasteiger partial charge in [0.2, 0.25) is 0 Å². The van der Waals surface area contributed by atoms with Gasteiger partial charge in [0.05, 0.1) is 29.0 Å². The number of rotatable bonds is 4. The van der Waals surface area contributed by atoms with Crippen LogP contribution >= 0.6 is 0 Å². The molecule has 0 saturated heterocycles. The molecule has 0 saturated carbocycles. The van der Waals surface area contributed by atoms with Crippen molar-refractivity contribution in [3.05, 3.63) is 36.2 Å². The second kappa shape index (κ2) is 5.63. The minimum absolute atomic E-state index is 0.0522. The van der Waals surface area contributed by atoms with Crippen LogP contribution in [0.1, 0.15) is 45.3 Å². The van der Waals surface area contributed by atoms with Crippen LogP contribution in [0.25, 0.3) is 11.0 Å². The van der Waals surface area contributed by atoms with E-state index in [9.17, 15) is 0 Å². The zero-order valence-electron chi connectivity index (χ0n) is 11.9. The number of fused-ring (bicyclic) bond motifs is 1. The largest absolute Gasteiger partial charge is 0.271 e. The van der Waals surface area contributed by atoms with Crippen molar-refractivity contribution in [1.29, 1.82) is 0 Å². The molecule has 1 heterocycles. The summed E-state index contributed by atoms with van der Waals surface area (Å²) in [5, 5.41) is 0. The van der Waals surface area contributed by atoms with Crippen LogP contribution in [0.15, 0.2) is 30.5 Å². The van der Waals surface area contributed by atoms with Crippen LogP contribution in [-0.4, -0.2) is 9.97 Å². The van der Waals surface area contributed by atoms with E-state index in [0.717, 1.165) is 29.6 Å². The molecule has 1 unspecified atom stereocenters. The molecule has 1 atom stereocenters. The van der Waals surface area contributed by atoms with Gasteiger partial charge in [-0.05, 0) is 30.4 Å². The fraction of sp³-hybridized carbons (Fsp3) is 0.467. The van der Waals surface area contributed by atoms with E-state index in [1.165, 1.54) is 0 Å². The number of benzene rings is 1. The van der Waals surface area contributed by atoms with Crippen LogP contribution in [-0.2, 0) is 0 Å². The van der Waals surface area contributed by atoms with Crippen molar-refractivity contribution in [3.8, 4) is 0 Å². The highest BCUT2D eigenvalue weighted by atomic mass is 15.2. The molecule has 1 aromatic heterocycles. The summed E-state index contributed by atoms with van der Waals surface area (Å²) in [5.74, 6) is 5.66. The lowest BCUT2D eigenvalue weighted by atomic mass is 9.88. The third-order valence-corrected chi connectivity index (χ3v) is 3.21. The van der Waals surface area contributed by atoms with Crippen LogP contribution in [0.5, 0.6) is 0 Å². The maximum absolute atomic E-state index is 5.66. The Kier molecular flexibility index (Phi) is 4.12. The van der Waals surface area contributed by atoms with E-state index < -0.39 is 0 Å². The first kappa shape index (κ1) is 13.9. The molecular weight excluding hydrogens is 236 g/mol. The maximum Gasteiger partial charge on any atom is 0.0890 e. The van der Waals surface area contributed by atoms with Crippen LogP contribution in [0.4, 0.5) is 0 Å². The van der Waals surface area contributed by atoms with Gasteiger partial charge in [0.1, 0.15) is 0 Å². The standard InChI is InChI=1S/C15H22N4/c1-15(2,3)9-8-13(19-16)14-10-17-11-6-4-5-7-12(11)18-14/h4-7,10,13,19H,8-9,16H2,1-3H3. The number of aromatic nitrogens is 2. The number of hydrazine groups is 1. The lowest BCUT2D eigenvalue weighted by Crippen LogP contribution is -2.29. The molecule has 0 amide bonds. The summed E-state index contributed by atoms with van der Waals surface area (Å²) in [7, 11) is 0. The number of nitrogens with two attached hydrogens (primary N) is 1. The monoisotopic (exact) mass is 258 g/mol. The fourth-order valence-electron chi connectivity index (χ4n) is 2.03. The summed E-state index contributed by atoms with van der Waals surface area (Å²) < 4.78 is 0. The molecule has 0 bridgehead atoms. The van der Waals surface area contributed by atoms with Gasteiger partial charge < -0.3 is 0 Å². The SMILES string of the molecule is CC(C)(C)CCC(NN)c1cnc2ccccc2n1. The highest BCUT2D eigenvalue weighted by molar-refractivity contribution is 5.73. The normalized spacial score (nSPS) is 13.7. The fourth-order valence-corrected chi connectivity index (χ4v) is 2.03. The van der Waals surface area contributed by atoms with E-state index in [0.29, 0.717) is 5.41 Å². The summed E-state index contributed by atoms with van der Waals surface area (Å²) >= 11 is 0. The second-order valence-electron chi connectivity index (χ2n) is 6.10. The van der Waals surface area contributed by atoms with Gasteiger partial charge in [0.25, 0.3) is 0 Å². The van der Waals surface area contributed by atoms with E-state index in [-0.39, 0.29) is 6.04 Å². The first-order valence-corrected chi connectivity index (χ1v) is 6.67. The van der Waals surface area contributed by atoms with Gasteiger partial charge in [0.15, 0.2) is 0 Å². The minimum Gasteiger partial charge on any atom is -0.271 e. The van der Waals surface area contributed by atoms with Gasteiger partial charge >= 0.3 is 0 Å². The smallest absolute Gasteiger partial charge is 0.0890 e. The zero-order valence-corrected chi connectivity index (χ0v) is 11.9. The van der Waals surface area contributed by atoms with Gasteiger partial charge in [-0.2, -0.15) is 0 Å². The quantitative estimate of drug-likeness (QED) is 0.653. The lowest BCUT2D eigenvalue weighted by molar-refractivity contribution is 0.331. The van der Waals surface area contributed by atoms with E-state index in [4.69, 9.17) is 5.84 Å². The Labute approximate surface area is 114 Å². The Hall–Kier alpha value is -1.52. The molecule has 0 spiro atoms. The summed E-state index contributed by atoms with van der Waals surface area (Å²) in [6.07, 6.45) is 3.85. The molecule has 0 fully saturated rings. The van der Waals surface area contributed by atoms with Crippen LogP contribution in [0.2, 0.25) is 0 Å². The Bertz CT molecular complexity index is 545. The predicted molar refractivity (Wildman–Crippen MR) is 78.3 cm³/mol. The van der Waals surface area contributed by atoms with Crippen molar-refractivity contribution in [2.45, 2.75) is 39.7 Å². The number of hydrogen-bond donors (Lipinski definition) is 2. The average molecular weight is 258 g/mol. The first-order valence-electron chi connectivity index (χ1n) is 6.67. The Balaban J connectivity index is 2.20. The molecule has 1 aromatic carbocycles.